The van der Waals surface area contributed by atoms with Crippen LogP contribution in [0.1, 0.15) is 46.0 Å². The Morgan fingerprint density at radius 2 is 1.92 bits per heavy atom. The molecule has 0 aliphatic rings. The first kappa shape index (κ1) is 13.8. The molecule has 0 spiro atoms. The van der Waals surface area contributed by atoms with Gasteiger partial charge in [0.2, 0.25) is 0 Å². The van der Waals surface area contributed by atoms with Crippen molar-refractivity contribution in [3.8, 4) is 0 Å². The minimum absolute atomic E-state index is 0.673. The van der Waals surface area contributed by atoms with Crippen molar-refractivity contribution in [3.05, 3.63) is 0 Å². The fourth-order valence-electron chi connectivity index (χ4n) is 1.33. The third-order valence-electron chi connectivity index (χ3n) is 2.25. The molecule has 0 heterocycles. The molecule has 0 saturated carbocycles. The molecule has 0 amide bonds. The summed E-state index contributed by atoms with van der Waals surface area (Å²) in [6, 6.07) is 0. The molecule has 0 aromatic carbocycles. The highest BCUT2D eigenvalue weighted by Crippen LogP contribution is 2.16. The standard InChI is InChI=1S/C9H19OS3/c1-3-5-6-9(4-2)7-8-10-13(11)12/h9H,3-8H2,1-2H3/q-1. The summed E-state index contributed by atoms with van der Waals surface area (Å²) in [5, 5.41) is 0. The fraction of sp³-hybridized carbons (Fsp3) is 1.00. The second-order valence-electron chi connectivity index (χ2n) is 3.23. The summed E-state index contributed by atoms with van der Waals surface area (Å²) in [7, 11) is -0.673. The summed E-state index contributed by atoms with van der Waals surface area (Å²) in [6.07, 6.45) is 6.29. The Hall–Kier alpha value is 0.750. The molecule has 1 atom stereocenters. The Bertz CT molecular complexity index is 170. The van der Waals surface area contributed by atoms with Crippen molar-refractivity contribution in [1.29, 1.82) is 0 Å². The lowest BCUT2D eigenvalue weighted by atomic mass is 9.96. The molecule has 0 aromatic heterocycles. The SMILES string of the molecule is CCCCC(CC)CCO[S-](=S)=S. The highest BCUT2D eigenvalue weighted by molar-refractivity contribution is 8.44. The molecule has 0 radical (unpaired) electrons. The Morgan fingerprint density at radius 3 is 2.38 bits per heavy atom. The van der Waals surface area contributed by atoms with E-state index in [-0.39, 0.29) is 0 Å². The average Bonchev–Trinajstić information content (AvgIpc) is 2.10. The van der Waals surface area contributed by atoms with Gasteiger partial charge in [0.1, 0.15) is 0 Å². The van der Waals surface area contributed by atoms with Gasteiger partial charge in [0.25, 0.3) is 0 Å². The zero-order valence-corrected chi connectivity index (χ0v) is 10.9. The maximum Gasteiger partial charge on any atom is 0.0236 e. The van der Waals surface area contributed by atoms with Crippen LogP contribution >= 0.6 is 0 Å². The molecule has 0 bridgehead atoms. The van der Waals surface area contributed by atoms with E-state index in [0.717, 1.165) is 18.9 Å². The van der Waals surface area contributed by atoms with Crippen LogP contribution in [0.3, 0.4) is 0 Å². The molecular weight excluding hydrogens is 220 g/mol. The first-order chi connectivity index (χ1) is 6.20. The highest BCUT2D eigenvalue weighted by atomic mass is 33.1. The molecule has 13 heavy (non-hydrogen) atoms. The first-order valence-corrected chi connectivity index (χ1v) is 7.93. The van der Waals surface area contributed by atoms with Gasteiger partial charge in [-0.15, -0.1) is 0 Å². The van der Waals surface area contributed by atoms with E-state index in [1.807, 2.05) is 0 Å². The molecule has 0 aliphatic carbocycles. The Balaban J connectivity index is 3.47. The van der Waals surface area contributed by atoms with E-state index in [9.17, 15) is 0 Å². The van der Waals surface area contributed by atoms with Crippen LogP contribution in [-0.2, 0) is 34.9 Å². The predicted octanol–water partition coefficient (Wildman–Crippen LogP) is 3.07. The lowest BCUT2D eigenvalue weighted by Gasteiger charge is -2.15. The molecule has 0 rings (SSSR count). The van der Waals surface area contributed by atoms with E-state index in [4.69, 9.17) is 26.6 Å². The zero-order chi connectivity index (χ0) is 10.1. The van der Waals surface area contributed by atoms with Gasteiger partial charge >= 0.3 is 0 Å². The molecule has 0 saturated heterocycles. The van der Waals surface area contributed by atoms with Crippen LogP contribution in [0.2, 0.25) is 0 Å². The van der Waals surface area contributed by atoms with Crippen molar-refractivity contribution in [3.63, 3.8) is 0 Å². The molecule has 0 N–H and O–H groups in total. The largest absolute Gasteiger partial charge is 0.467 e. The van der Waals surface area contributed by atoms with Crippen molar-refractivity contribution in [2.45, 2.75) is 46.0 Å². The zero-order valence-electron chi connectivity index (χ0n) is 8.45. The summed E-state index contributed by atoms with van der Waals surface area (Å²) in [4.78, 5) is 0. The van der Waals surface area contributed by atoms with Crippen LogP contribution in [0.4, 0.5) is 0 Å². The number of hydrogen-bond donors (Lipinski definition) is 0. The lowest BCUT2D eigenvalue weighted by molar-refractivity contribution is 0.302. The van der Waals surface area contributed by atoms with Crippen LogP contribution in [-0.4, -0.2) is 6.61 Å². The van der Waals surface area contributed by atoms with Gasteiger partial charge in [-0.1, -0.05) is 39.5 Å². The Morgan fingerprint density at radius 1 is 1.23 bits per heavy atom. The summed E-state index contributed by atoms with van der Waals surface area (Å²) in [6.45, 7) is 5.22. The van der Waals surface area contributed by atoms with E-state index in [2.05, 4.69) is 13.8 Å². The second-order valence-corrected chi connectivity index (χ2v) is 6.32. The minimum Gasteiger partial charge on any atom is -0.467 e. The fourth-order valence-corrected chi connectivity index (χ4v) is 1.97. The first-order valence-electron chi connectivity index (χ1n) is 4.93. The molecule has 80 valence electrons. The lowest BCUT2D eigenvalue weighted by Crippen LogP contribution is -2.03. The molecule has 0 fully saturated rings. The van der Waals surface area contributed by atoms with Crippen molar-refractivity contribution in [2.24, 2.45) is 5.92 Å². The number of rotatable bonds is 8. The van der Waals surface area contributed by atoms with Gasteiger partial charge in [-0.2, -0.15) is 0 Å². The van der Waals surface area contributed by atoms with Gasteiger partial charge in [-0.25, -0.2) is 30.7 Å². The van der Waals surface area contributed by atoms with Gasteiger partial charge in [-0.05, 0) is 12.3 Å². The van der Waals surface area contributed by atoms with E-state index < -0.39 is 8.29 Å². The van der Waals surface area contributed by atoms with Crippen LogP contribution in [0, 0.1) is 5.92 Å². The normalized spacial score (nSPS) is 13.5. The quantitative estimate of drug-likeness (QED) is 0.603. The number of hydrogen-bond acceptors (Lipinski definition) is 4. The molecular formula is C9H19OS3-. The molecule has 0 aromatic rings. The van der Waals surface area contributed by atoms with Crippen molar-refractivity contribution < 1.29 is 4.18 Å². The van der Waals surface area contributed by atoms with Crippen LogP contribution in [0.25, 0.3) is 0 Å². The highest BCUT2D eigenvalue weighted by Gasteiger charge is 2.03. The minimum atomic E-state index is -0.673. The monoisotopic (exact) mass is 239 g/mol. The van der Waals surface area contributed by atoms with Crippen molar-refractivity contribution in [1.82, 2.24) is 0 Å². The Kier molecular flexibility index (Phi) is 9.85. The van der Waals surface area contributed by atoms with Crippen LogP contribution < -0.4 is 0 Å². The van der Waals surface area contributed by atoms with Gasteiger partial charge in [0.05, 0.1) is 0 Å². The molecule has 0 aliphatic heterocycles. The van der Waals surface area contributed by atoms with Crippen molar-refractivity contribution in [2.75, 3.05) is 6.61 Å². The van der Waals surface area contributed by atoms with Gasteiger partial charge in [-0.3, -0.25) is 0 Å². The predicted molar refractivity (Wildman–Crippen MR) is 66.0 cm³/mol. The average molecular weight is 239 g/mol. The van der Waals surface area contributed by atoms with Crippen LogP contribution in [0.15, 0.2) is 0 Å². The smallest absolute Gasteiger partial charge is 0.0236 e. The summed E-state index contributed by atoms with van der Waals surface area (Å²) >= 11 is 9.55. The summed E-state index contributed by atoms with van der Waals surface area (Å²) < 4.78 is 5.21. The van der Waals surface area contributed by atoms with Gasteiger partial charge in [0, 0.05) is 6.61 Å². The second kappa shape index (κ2) is 9.31. The third kappa shape index (κ3) is 9.06. The van der Waals surface area contributed by atoms with E-state index >= 15 is 0 Å². The van der Waals surface area contributed by atoms with E-state index in [0.29, 0.717) is 0 Å². The van der Waals surface area contributed by atoms with Crippen molar-refractivity contribution >= 4 is 30.7 Å². The molecule has 1 nitrogen and oxygen atoms in total. The maximum atomic E-state index is 5.21. The Labute approximate surface area is 93.3 Å². The van der Waals surface area contributed by atoms with E-state index in [1.165, 1.54) is 25.7 Å². The van der Waals surface area contributed by atoms with Gasteiger partial charge in [0.15, 0.2) is 0 Å². The number of unbranched alkanes of at least 4 members (excludes halogenated alkanes) is 1. The van der Waals surface area contributed by atoms with Gasteiger partial charge < -0.3 is 4.18 Å². The van der Waals surface area contributed by atoms with Crippen LogP contribution in [0.5, 0.6) is 0 Å². The summed E-state index contributed by atoms with van der Waals surface area (Å²) in [5.74, 6) is 0.800. The molecule has 4 heteroatoms. The maximum absolute atomic E-state index is 5.21. The summed E-state index contributed by atoms with van der Waals surface area (Å²) in [5.41, 5.74) is 0. The third-order valence-corrected chi connectivity index (χ3v) is 3.19. The molecule has 1 unspecified atom stereocenters. The van der Waals surface area contributed by atoms with E-state index in [1.54, 1.807) is 0 Å². The topological polar surface area (TPSA) is 9.23 Å².